The van der Waals surface area contributed by atoms with Crippen molar-refractivity contribution in [1.29, 1.82) is 0 Å². The third-order valence-corrected chi connectivity index (χ3v) is 5.93. The highest BCUT2D eigenvalue weighted by atomic mass is 32.2. The maximum absolute atomic E-state index is 12.6. The van der Waals surface area contributed by atoms with Crippen LogP contribution in [0.1, 0.15) is 27.2 Å². The van der Waals surface area contributed by atoms with E-state index < -0.39 is 16.1 Å². The van der Waals surface area contributed by atoms with Gasteiger partial charge in [-0.3, -0.25) is 0 Å². The van der Waals surface area contributed by atoms with Crippen LogP contribution in [0.2, 0.25) is 0 Å². The van der Waals surface area contributed by atoms with Gasteiger partial charge >= 0.3 is 0 Å². The lowest BCUT2D eigenvalue weighted by Gasteiger charge is -2.26. The summed E-state index contributed by atoms with van der Waals surface area (Å²) < 4.78 is 26.6. The van der Waals surface area contributed by atoms with Crippen molar-refractivity contribution in [2.75, 3.05) is 6.54 Å². The van der Waals surface area contributed by atoms with Gasteiger partial charge in [0.2, 0.25) is 10.0 Å². The molecule has 1 heterocycles. The van der Waals surface area contributed by atoms with Crippen molar-refractivity contribution in [2.45, 2.75) is 38.1 Å². The largest absolute Gasteiger partial charge is 0.302 e. The van der Waals surface area contributed by atoms with Gasteiger partial charge < -0.3 is 4.79 Å². The van der Waals surface area contributed by atoms with E-state index in [2.05, 4.69) is 20.8 Å². The Morgan fingerprint density at radius 1 is 1.20 bits per heavy atom. The molecule has 1 aliphatic heterocycles. The highest BCUT2D eigenvalue weighted by Crippen LogP contribution is 2.38. The molecular formula is C15H21NO3S. The summed E-state index contributed by atoms with van der Waals surface area (Å²) in [7, 11) is -3.59. The zero-order valence-corrected chi connectivity index (χ0v) is 12.9. The summed E-state index contributed by atoms with van der Waals surface area (Å²) in [5, 5.41) is 0. The highest BCUT2D eigenvalue weighted by Gasteiger charge is 2.43. The Morgan fingerprint density at radius 3 is 2.30 bits per heavy atom. The van der Waals surface area contributed by atoms with Crippen LogP contribution in [-0.2, 0) is 14.8 Å². The van der Waals surface area contributed by atoms with E-state index in [4.69, 9.17) is 0 Å². The number of aldehydes is 1. The molecule has 5 heteroatoms. The van der Waals surface area contributed by atoms with Gasteiger partial charge in [0.05, 0.1) is 10.9 Å². The molecule has 1 saturated heterocycles. The highest BCUT2D eigenvalue weighted by molar-refractivity contribution is 7.89. The number of benzene rings is 1. The SMILES string of the molecule is CC(C)(C)[C@@H]1C[C@H](C=O)N(S(=O)(=O)c2ccccc2)C1. The topological polar surface area (TPSA) is 54.5 Å². The monoisotopic (exact) mass is 295 g/mol. The second-order valence-electron chi connectivity index (χ2n) is 6.39. The van der Waals surface area contributed by atoms with E-state index in [1.54, 1.807) is 30.3 Å². The van der Waals surface area contributed by atoms with Gasteiger partial charge in [0.15, 0.2) is 0 Å². The van der Waals surface area contributed by atoms with E-state index in [-0.39, 0.29) is 16.2 Å². The van der Waals surface area contributed by atoms with E-state index in [0.29, 0.717) is 13.0 Å². The van der Waals surface area contributed by atoms with Crippen molar-refractivity contribution < 1.29 is 13.2 Å². The Bertz CT molecular complexity index is 575. The van der Waals surface area contributed by atoms with Crippen molar-refractivity contribution in [3.05, 3.63) is 30.3 Å². The minimum absolute atomic E-state index is 0.0117. The summed E-state index contributed by atoms with van der Waals surface area (Å²) in [6.07, 6.45) is 1.35. The fraction of sp³-hybridized carbons (Fsp3) is 0.533. The average Bonchev–Trinajstić information content (AvgIpc) is 2.84. The van der Waals surface area contributed by atoms with E-state index in [0.717, 1.165) is 6.29 Å². The molecule has 0 radical (unpaired) electrons. The summed E-state index contributed by atoms with van der Waals surface area (Å²) in [4.78, 5) is 11.5. The first-order chi connectivity index (χ1) is 9.26. The van der Waals surface area contributed by atoms with Gasteiger partial charge in [0, 0.05) is 6.54 Å². The third-order valence-electron chi connectivity index (χ3n) is 4.03. The quantitative estimate of drug-likeness (QED) is 0.804. The second-order valence-corrected chi connectivity index (χ2v) is 8.28. The van der Waals surface area contributed by atoms with Crippen LogP contribution in [0.15, 0.2) is 35.2 Å². The molecule has 1 fully saturated rings. The number of hydrogen-bond acceptors (Lipinski definition) is 3. The van der Waals surface area contributed by atoms with Gasteiger partial charge in [0.1, 0.15) is 6.29 Å². The van der Waals surface area contributed by atoms with Crippen molar-refractivity contribution in [2.24, 2.45) is 11.3 Å². The predicted octanol–water partition coefficient (Wildman–Crippen LogP) is 2.31. The maximum Gasteiger partial charge on any atom is 0.243 e. The first-order valence-electron chi connectivity index (χ1n) is 6.79. The van der Waals surface area contributed by atoms with Gasteiger partial charge in [-0.2, -0.15) is 4.31 Å². The van der Waals surface area contributed by atoms with Crippen LogP contribution in [0.5, 0.6) is 0 Å². The molecule has 0 saturated carbocycles. The van der Waals surface area contributed by atoms with Crippen LogP contribution >= 0.6 is 0 Å². The molecule has 0 aliphatic carbocycles. The lowest BCUT2D eigenvalue weighted by molar-refractivity contribution is -0.110. The lowest BCUT2D eigenvalue weighted by atomic mass is 9.79. The molecule has 2 atom stereocenters. The number of carbonyl (C=O) groups is 1. The Morgan fingerprint density at radius 2 is 1.80 bits per heavy atom. The molecule has 0 aromatic heterocycles. The molecule has 1 aromatic carbocycles. The Balaban J connectivity index is 2.34. The zero-order valence-electron chi connectivity index (χ0n) is 12.1. The van der Waals surface area contributed by atoms with Crippen molar-refractivity contribution in [3.63, 3.8) is 0 Å². The lowest BCUT2D eigenvalue weighted by Crippen LogP contribution is -2.37. The first kappa shape index (κ1) is 15.2. The molecule has 110 valence electrons. The standard InChI is InChI=1S/C15H21NO3S/c1-15(2,3)12-9-13(11-17)16(10-12)20(18,19)14-7-5-4-6-8-14/h4-8,11-13H,9-10H2,1-3H3/t12-,13-/m1/s1. The van der Waals surface area contributed by atoms with Gasteiger partial charge in [-0.1, -0.05) is 39.0 Å². The molecule has 0 bridgehead atoms. The van der Waals surface area contributed by atoms with Crippen molar-refractivity contribution in [1.82, 2.24) is 4.31 Å². The van der Waals surface area contributed by atoms with Crippen LogP contribution in [0.3, 0.4) is 0 Å². The zero-order chi connectivity index (χ0) is 15.0. The molecule has 2 rings (SSSR count). The minimum Gasteiger partial charge on any atom is -0.302 e. The number of hydrogen-bond donors (Lipinski definition) is 0. The number of sulfonamides is 1. The molecule has 0 amide bonds. The minimum atomic E-state index is -3.59. The summed E-state index contributed by atoms with van der Waals surface area (Å²) in [6.45, 7) is 6.65. The molecule has 1 aromatic rings. The van der Waals surface area contributed by atoms with Crippen LogP contribution in [-0.4, -0.2) is 31.6 Å². The molecule has 0 N–H and O–H groups in total. The normalized spacial score (nSPS) is 24.8. The van der Waals surface area contributed by atoms with Gasteiger partial charge in [-0.15, -0.1) is 0 Å². The van der Waals surface area contributed by atoms with Crippen LogP contribution in [0.4, 0.5) is 0 Å². The van der Waals surface area contributed by atoms with Crippen LogP contribution < -0.4 is 0 Å². The van der Waals surface area contributed by atoms with Crippen molar-refractivity contribution in [3.8, 4) is 0 Å². The molecular weight excluding hydrogens is 274 g/mol. The number of carbonyl (C=O) groups excluding carboxylic acids is 1. The summed E-state index contributed by atoms with van der Waals surface area (Å²) >= 11 is 0. The fourth-order valence-corrected chi connectivity index (χ4v) is 4.23. The fourth-order valence-electron chi connectivity index (χ4n) is 2.59. The number of rotatable bonds is 3. The average molecular weight is 295 g/mol. The van der Waals surface area contributed by atoms with Gasteiger partial charge in [0.25, 0.3) is 0 Å². The smallest absolute Gasteiger partial charge is 0.243 e. The van der Waals surface area contributed by atoms with Crippen molar-refractivity contribution >= 4 is 16.3 Å². The first-order valence-corrected chi connectivity index (χ1v) is 8.23. The summed E-state index contributed by atoms with van der Waals surface area (Å²) in [5.74, 6) is 0.191. The van der Waals surface area contributed by atoms with Crippen LogP contribution in [0, 0.1) is 11.3 Å². The van der Waals surface area contributed by atoms with E-state index in [1.165, 1.54) is 4.31 Å². The van der Waals surface area contributed by atoms with E-state index >= 15 is 0 Å². The maximum atomic E-state index is 12.6. The van der Waals surface area contributed by atoms with E-state index in [9.17, 15) is 13.2 Å². The summed E-state index contributed by atoms with van der Waals surface area (Å²) in [6, 6.07) is 7.76. The Labute approximate surface area is 120 Å². The molecule has 0 unspecified atom stereocenters. The molecule has 1 aliphatic rings. The second kappa shape index (κ2) is 5.30. The summed E-state index contributed by atoms with van der Waals surface area (Å²) in [5.41, 5.74) is -0.0117. The Kier molecular flexibility index (Phi) is 4.02. The number of nitrogens with zero attached hydrogens (tertiary/aromatic N) is 1. The van der Waals surface area contributed by atoms with E-state index in [1.807, 2.05) is 0 Å². The van der Waals surface area contributed by atoms with Gasteiger partial charge in [-0.25, -0.2) is 8.42 Å². The third kappa shape index (κ3) is 2.79. The Hall–Kier alpha value is -1.20. The molecule has 4 nitrogen and oxygen atoms in total. The molecule has 20 heavy (non-hydrogen) atoms. The molecule has 0 spiro atoms. The van der Waals surface area contributed by atoms with Crippen LogP contribution in [0.25, 0.3) is 0 Å². The van der Waals surface area contributed by atoms with Gasteiger partial charge in [-0.05, 0) is 29.9 Å². The predicted molar refractivity (Wildman–Crippen MR) is 77.7 cm³/mol.